The molecule has 4 rings (SSSR count). The Morgan fingerprint density at radius 2 is 2.00 bits per heavy atom. The molecule has 0 aliphatic carbocycles. The fraction of sp³-hybridized carbons (Fsp3) is 0.273. The highest BCUT2D eigenvalue weighted by Gasteiger charge is 2.12. The molecule has 9 heteroatoms. The predicted molar refractivity (Wildman–Crippen MR) is 121 cm³/mol. The van der Waals surface area contributed by atoms with Gasteiger partial charge in [-0.3, -0.25) is 14.5 Å². The summed E-state index contributed by atoms with van der Waals surface area (Å²) >= 11 is 5.32. The van der Waals surface area contributed by atoms with Crippen LogP contribution in [0.25, 0.3) is 22.4 Å². The second-order valence-electron chi connectivity index (χ2n) is 7.03. The van der Waals surface area contributed by atoms with Gasteiger partial charge in [0.25, 0.3) is 0 Å². The highest BCUT2D eigenvalue weighted by atomic mass is 32.1. The molecule has 8 nitrogen and oxygen atoms in total. The Labute approximate surface area is 184 Å². The number of fused-ring (bicyclic) bond motifs is 1. The first kappa shape index (κ1) is 20.8. The number of benzene rings is 2. The number of aryl methyl sites for hydroxylation is 1. The lowest BCUT2D eigenvalue weighted by Crippen LogP contribution is -2.29. The minimum Gasteiger partial charge on any atom is -0.494 e. The van der Waals surface area contributed by atoms with Crippen molar-refractivity contribution in [2.24, 2.45) is 0 Å². The minimum atomic E-state index is -0.111. The van der Waals surface area contributed by atoms with E-state index < -0.39 is 0 Å². The number of hydrogen-bond acceptors (Lipinski definition) is 5. The molecule has 2 heterocycles. The van der Waals surface area contributed by atoms with Crippen LogP contribution in [0.1, 0.15) is 13.3 Å². The average molecular weight is 437 g/mol. The van der Waals surface area contributed by atoms with Crippen molar-refractivity contribution < 1.29 is 9.53 Å². The lowest BCUT2D eigenvalue weighted by atomic mass is 10.2. The van der Waals surface area contributed by atoms with Crippen molar-refractivity contribution in [3.63, 3.8) is 0 Å². The average Bonchev–Trinajstić information content (AvgIpc) is 3.36. The molecule has 0 saturated carbocycles. The summed E-state index contributed by atoms with van der Waals surface area (Å²) in [5, 5.41) is 10.0. The molecule has 1 amide bonds. The topological polar surface area (TPSA) is 89.8 Å². The van der Waals surface area contributed by atoms with Crippen LogP contribution in [0.3, 0.4) is 0 Å². The van der Waals surface area contributed by atoms with E-state index in [4.69, 9.17) is 17.0 Å². The van der Waals surface area contributed by atoms with Crippen molar-refractivity contribution in [1.29, 1.82) is 0 Å². The Hall–Kier alpha value is -3.46. The third-order valence-electron chi connectivity index (χ3n) is 4.91. The number of carbonyl (C=O) groups is 1. The Bertz CT molecular complexity index is 1220. The maximum atomic E-state index is 12.5. The van der Waals surface area contributed by atoms with Crippen LogP contribution in [0.5, 0.6) is 5.75 Å². The quantitative estimate of drug-likeness (QED) is 0.309. The molecular weight excluding hydrogens is 412 g/mol. The van der Waals surface area contributed by atoms with Crippen LogP contribution >= 0.6 is 12.2 Å². The summed E-state index contributed by atoms with van der Waals surface area (Å²) in [7, 11) is 0. The number of aromatic amines is 1. The second-order valence-corrected chi connectivity index (χ2v) is 7.41. The molecule has 2 N–H and O–H groups in total. The Morgan fingerprint density at radius 1 is 1.19 bits per heavy atom. The number of amides is 1. The largest absolute Gasteiger partial charge is 0.494 e. The molecule has 0 atom stereocenters. The normalized spacial score (nSPS) is 11.0. The molecule has 0 aliphatic heterocycles. The van der Waals surface area contributed by atoms with E-state index >= 15 is 0 Å². The monoisotopic (exact) mass is 436 g/mol. The minimum absolute atomic E-state index is 0.103. The van der Waals surface area contributed by atoms with Gasteiger partial charge in [0, 0.05) is 18.7 Å². The number of aromatic nitrogens is 5. The van der Waals surface area contributed by atoms with E-state index in [0.29, 0.717) is 23.7 Å². The van der Waals surface area contributed by atoms with Gasteiger partial charge in [-0.1, -0.05) is 12.1 Å². The summed E-state index contributed by atoms with van der Waals surface area (Å²) in [5.41, 5.74) is 2.93. The van der Waals surface area contributed by atoms with Crippen LogP contribution in [0.15, 0.2) is 54.9 Å². The maximum Gasteiger partial charge on any atom is 0.240 e. The third-order valence-corrected chi connectivity index (χ3v) is 5.22. The van der Waals surface area contributed by atoms with Crippen molar-refractivity contribution in [2.75, 3.05) is 13.2 Å². The van der Waals surface area contributed by atoms with Gasteiger partial charge in [-0.05, 0) is 62.0 Å². The molecule has 0 radical (unpaired) electrons. The van der Waals surface area contributed by atoms with E-state index in [1.807, 2.05) is 61.8 Å². The van der Waals surface area contributed by atoms with E-state index in [9.17, 15) is 4.79 Å². The van der Waals surface area contributed by atoms with Crippen molar-refractivity contribution in [3.05, 3.63) is 59.6 Å². The number of hydrogen-bond donors (Lipinski definition) is 2. The summed E-state index contributed by atoms with van der Waals surface area (Å²) in [6.45, 7) is 3.99. The van der Waals surface area contributed by atoms with E-state index in [1.165, 1.54) is 0 Å². The fourth-order valence-electron chi connectivity index (χ4n) is 3.42. The van der Waals surface area contributed by atoms with Crippen LogP contribution in [-0.2, 0) is 17.9 Å². The van der Waals surface area contributed by atoms with Gasteiger partial charge >= 0.3 is 0 Å². The van der Waals surface area contributed by atoms with Gasteiger partial charge in [-0.15, -0.1) is 0 Å². The zero-order chi connectivity index (χ0) is 21.6. The summed E-state index contributed by atoms with van der Waals surface area (Å²) in [5.74, 6) is 1.30. The van der Waals surface area contributed by atoms with Gasteiger partial charge in [0.2, 0.25) is 5.91 Å². The molecule has 2 aromatic heterocycles. The predicted octanol–water partition coefficient (Wildman–Crippen LogP) is 3.56. The number of carbonyl (C=O) groups excluding carboxylic acids is 1. The van der Waals surface area contributed by atoms with Gasteiger partial charge in [0.15, 0.2) is 10.6 Å². The Kier molecular flexibility index (Phi) is 6.42. The third kappa shape index (κ3) is 4.83. The molecule has 160 valence electrons. The smallest absolute Gasteiger partial charge is 0.240 e. The van der Waals surface area contributed by atoms with Gasteiger partial charge in [-0.2, -0.15) is 5.10 Å². The highest BCUT2D eigenvalue weighted by Crippen LogP contribution is 2.21. The van der Waals surface area contributed by atoms with Crippen LogP contribution in [0.2, 0.25) is 0 Å². The number of H-pyrrole nitrogens is 1. The molecule has 2 aromatic carbocycles. The van der Waals surface area contributed by atoms with Gasteiger partial charge in [-0.25, -0.2) is 4.98 Å². The van der Waals surface area contributed by atoms with Crippen LogP contribution in [0, 0.1) is 4.77 Å². The first-order chi connectivity index (χ1) is 15.2. The van der Waals surface area contributed by atoms with Crippen molar-refractivity contribution in [1.82, 2.24) is 29.6 Å². The molecule has 0 bridgehead atoms. The molecule has 4 aromatic rings. The van der Waals surface area contributed by atoms with Gasteiger partial charge < -0.3 is 14.6 Å². The number of nitrogens with one attached hydrogen (secondary N) is 2. The van der Waals surface area contributed by atoms with Crippen LogP contribution in [0.4, 0.5) is 0 Å². The zero-order valence-corrected chi connectivity index (χ0v) is 18.1. The molecule has 0 saturated heterocycles. The van der Waals surface area contributed by atoms with E-state index in [1.54, 1.807) is 4.57 Å². The Morgan fingerprint density at radius 3 is 2.81 bits per heavy atom. The summed E-state index contributed by atoms with van der Waals surface area (Å²) in [6, 6.07) is 15.6. The highest BCUT2D eigenvalue weighted by molar-refractivity contribution is 7.71. The van der Waals surface area contributed by atoms with Crippen molar-refractivity contribution in [3.8, 4) is 17.1 Å². The standard InChI is InChI=1S/C22H24N6O2S/c1-2-30-17-10-8-16(9-11-17)21-25-26-22(31)28(21)14-20(29)23-12-5-13-27-15-24-18-6-3-4-7-19(18)27/h3-4,6-11,15H,2,5,12-14H2,1H3,(H,23,29)(H,26,31). The number of rotatable bonds is 9. The first-order valence-corrected chi connectivity index (χ1v) is 10.6. The second kappa shape index (κ2) is 9.57. The van der Waals surface area contributed by atoms with E-state index in [0.717, 1.165) is 35.3 Å². The van der Waals surface area contributed by atoms with Gasteiger partial charge in [0.1, 0.15) is 12.3 Å². The Balaban J connectivity index is 1.33. The maximum absolute atomic E-state index is 12.5. The number of imidazole rings is 1. The summed E-state index contributed by atoms with van der Waals surface area (Å²) in [4.78, 5) is 16.9. The molecule has 31 heavy (non-hydrogen) atoms. The molecule has 0 unspecified atom stereocenters. The van der Waals surface area contributed by atoms with Gasteiger partial charge in [0.05, 0.1) is 24.0 Å². The van der Waals surface area contributed by atoms with E-state index in [2.05, 4.69) is 25.1 Å². The molecular formula is C22H24N6O2S. The van der Waals surface area contributed by atoms with Crippen molar-refractivity contribution >= 4 is 29.2 Å². The van der Waals surface area contributed by atoms with Crippen LogP contribution in [-0.4, -0.2) is 43.4 Å². The lowest BCUT2D eigenvalue weighted by molar-refractivity contribution is -0.121. The SMILES string of the molecule is CCOc1ccc(-c2n[nH]c(=S)n2CC(=O)NCCCn2cnc3ccccc32)cc1. The number of ether oxygens (including phenoxy) is 1. The molecule has 0 fully saturated rings. The summed E-state index contributed by atoms with van der Waals surface area (Å²) in [6.07, 6.45) is 2.63. The van der Waals surface area contributed by atoms with Crippen LogP contribution < -0.4 is 10.1 Å². The lowest BCUT2D eigenvalue weighted by Gasteiger charge is -2.09. The van der Waals surface area contributed by atoms with Crippen molar-refractivity contribution in [2.45, 2.75) is 26.4 Å². The molecule has 0 aliphatic rings. The first-order valence-electron chi connectivity index (χ1n) is 10.2. The molecule has 0 spiro atoms. The van der Waals surface area contributed by atoms with E-state index in [-0.39, 0.29) is 12.5 Å². The fourth-order valence-corrected chi connectivity index (χ4v) is 3.61. The summed E-state index contributed by atoms with van der Waals surface area (Å²) < 4.78 is 9.68. The number of para-hydroxylation sites is 2. The number of nitrogens with zero attached hydrogens (tertiary/aromatic N) is 4. The zero-order valence-electron chi connectivity index (χ0n) is 17.2.